The van der Waals surface area contributed by atoms with Crippen molar-refractivity contribution in [1.82, 2.24) is 19.4 Å². The summed E-state index contributed by atoms with van der Waals surface area (Å²) in [5.74, 6) is 1.60. The molecule has 0 spiro atoms. The molecule has 0 aliphatic carbocycles. The van der Waals surface area contributed by atoms with E-state index in [1.807, 2.05) is 40.7 Å². The normalized spacial score (nSPS) is 14.6. The van der Waals surface area contributed by atoms with Crippen LogP contribution in [0.3, 0.4) is 0 Å². The first-order chi connectivity index (χ1) is 11.7. The predicted molar refractivity (Wildman–Crippen MR) is 93.9 cm³/mol. The van der Waals surface area contributed by atoms with Gasteiger partial charge in [0.2, 0.25) is 0 Å². The molecule has 4 heterocycles. The van der Waals surface area contributed by atoms with E-state index in [0.29, 0.717) is 5.92 Å². The van der Waals surface area contributed by atoms with Gasteiger partial charge in [-0.05, 0) is 30.5 Å². The van der Waals surface area contributed by atoms with Gasteiger partial charge in [-0.3, -0.25) is 9.78 Å². The van der Waals surface area contributed by atoms with Gasteiger partial charge in [0.25, 0.3) is 5.91 Å². The van der Waals surface area contributed by atoms with Crippen LogP contribution in [-0.2, 0) is 6.54 Å². The number of pyridine rings is 1. The molecular formula is C18H18N4OS. The third-order valence-corrected chi connectivity index (χ3v) is 5.27. The van der Waals surface area contributed by atoms with Crippen molar-refractivity contribution in [3.05, 3.63) is 58.8 Å². The minimum atomic E-state index is 0.151. The van der Waals surface area contributed by atoms with Gasteiger partial charge in [-0.2, -0.15) is 0 Å². The van der Waals surface area contributed by atoms with Crippen LogP contribution in [0.1, 0.15) is 15.4 Å². The van der Waals surface area contributed by atoms with Crippen molar-refractivity contribution >= 4 is 17.2 Å². The molecule has 0 atom stereocenters. The van der Waals surface area contributed by atoms with Crippen LogP contribution in [-0.4, -0.2) is 38.4 Å². The second kappa shape index (κ2) is 6.20. The molecule has 5 nitrogen and oxygen atoms in total. The van der Waals surface area contributed by atoms with Gasteiger partial charge >= 0.3 is 0 Å². The number of nitrogens with zero attached hydrogens (tertiary/aromatic N) is 4. The quantitative estimate of drug-likeness (QED) is 0.734. The van der Waals surface area contributed by atoms with Crippen molar-refractivity contribution in [2.45, 2.75) is 13.5 Å². The molecular weight excluding hydrogens is 320 g/mol. The molecule has 0 aromatic carbocycles. The third-order valence-electron chi connectivity index (χ3n) is 4.41. The Hall–Kier alpha value is -2.47. The number of hydrogen-bond donors (Lipinski definition) is 0. The summed E-state index contributed by atoms with van der Waals surface area (Å²) in [6.45, 7) is 4.58. The Morgan fingerprint density at radius 3 is 2.79 bits per heavy atom. The average Bonchev–Trinajstić information content (AvgIpc) is 3.21. The molecule has 0 radical (unpaired) electrons. The number of carbonyl (C=O) groups excluding carboxylic acids is 1. The Balaban J connectivity index is 1.45. The molecule has 1 aliphatic heterocycles. The number of rotatable bonds is 4. The Morgan fingerprint density at radius 1 is 1.29 bits per heavy atom. The van der Waals surface area contributed by atoms with Gasteiger partial charge in [-0.25, -0.2) is 4.98 Å². The number of aryl methyl sites for hydroxylation is 1. The van der Waals surface area contributed by atoms with Crippen LogP contribution in [0.15, 0.2) is 48.2 Å². The van der Waals surface area contributed by atoms with Crippen LogP contribution in [0.4, 0.5) is 0 Å². The van der Waals surface area contributed by atoms with Crippen LogP contribution < -0.4 is 0 Å². The van der Waals surface area contributed by atoms with Gasteiger partial charge < -0.3 is 9.47 Å². The van der Waals surface area contributed by atoms with Gasteiger partial charge in [0.1, 0.15) is 5.82 Å². The molecule has 24 heavy (non-hydrogen) atoms. The minimum absolute atomic E-state index is 0.151. The Morgan fingerprint density at radius 2 is 2.08 bits per heavy atom. The molecule has 1 saturated heterocycles. The van der Waals surface area contributed by atoms with Gasteiger partial charge in [0.05, 0.1) is 4.88 Å². The molecule has 122 valence electrons. The molecule has 0 N–H and O–H groups in total. The minimum Gasteiger partial charge on any atom is -0.337 e. The molecule has 0 bridgehead atoms. The van der Waals surface area contributed by atoms with Crippen molar-refractivity contribution in [3.63, 3.8) is 0 Å². The highest BCUT2D eigenvalue weighted by molar-refractivity contribution is 7.12. The van der Waals surface area contributed by atoms with Crippen molar-refractivity contribution in [2.75, 3.05) is 13.1 Å². The highest BCUT2D eigenvalue weighted by Gasteiger charge is 2.32. The SMILES string of the molecule is Cc1cnc(-c2ccncc2)n1CC1CN(C(=O)c2cccs2)C1. The second-order valence-electron chi connectivity index (χ2n) is 6.12. The summed E-state index contributed by atoms with van der Waals surface area (Å²) < 4.78 is 2.24. The summed E-state index contributed by atoms with van der Waals surface area (Å²) in [4.78, 5) is 23.7. The molecule has 3 aromatic heterocycles. The van der Waals surface area contributed by atoms with E-state index in [9.17, 15) is 4.79 Å². The summed E-state index contributed by atoms with van der Waals surface area (Å²) in [6, 6.07) is 7.77. The maximum atomic E-state index is 12.3. The highest BCUT2D eigenvalue weighted by Crippen LogP contribution is 2.26. The lowest BCUT2D eigenvalue weighted by Crippen LogP contribution is -2.51. The second-order valence-corrected chi connectivity index (χ2v) is 7.07. The number of carbonyl (C=O) groups is 1. The van der Waals surface area contributed by atoms with Crippen molar-refractivity contribution < 1.29 is 4.79 Å². The molecule has 0 unspecified atom stereocenters. The van der Waals surface area contributed by atoms with Gasteiger partial charge in [0, 0.05) is 55.4 Å². The maximum Gasteiger partial charge on any atom is 0.263 e. The zero-order valence-electron chi connectivity index (χ0n) is 13.4. The Kier molecular flexibility index (Phi) is 3.90. The lowest BCUT2D eigenvalue weighted by atomic mass is 9.99. The van der Waals surface area contributed by atoms with E-state index in [0.717, 1.165) is 41.6 Å². The van der Waals surface area contributed by atoms with Gasteiger partial charge in [0.15, 0.2) is 0 Å². The van der Waals surface area contributed by atoms with E-state index in [2.05, 4.69) is 21.5 Å². The van der Waals surface area contributed by atoms with Crippen molar-refractivity contribution in [3.8, 4) is 11.4 Å². The van der Waals surface area contributed by atoms with E-state index in [4.69, 9.17) is 0 Å². The van der Waals surface area contributed by atoms with Crippen molar-refractivity contribution in [2.24, 2.45) is 5.92 Å². The number of likely N-dealkylation sites (tertiary alicyclic amines) is 1. The lowest BCUT2D eigenvalue weighted by Gasteiger charge is -2.39. The zero-order valence-corrected chi connectivity index (χ0v) is 14.2. The molecule has 1 amide bonds. The molecule has 1 aliphatic rings. The number of imidazole rings is 1. The Bertz CT molecular complexity index is 835. The fraction of sp³-hybridized carbons (Fsp3) is 0.278. The van der Waals surface area contributed by atoms with Crippen LogP contribution in [0.25, 0.3) is 11.4 Å². The summed E-state index contributed by atoms with van der Waals surface area (Å²) in [7, 11) is 0. The third kappa shape index (κ3) is 2.73. The first kappa shape index (κ1) is 15.1. The highest BCUT2D eigenvalue weighted by atomic mass is 32.1. The van der Waals surface area contributed by atoms with E-state index in [1.54, 1.807) is 12.4 Å². The van der Waals surface area contributed by atoms with E-state index in [-0.39, 0.29) is 5.91 Å². The smallest absolute Gasteiger partial charge is 0.263 e. The summed E-state index contributed by atoms with van der Waals surface area (Å²) in [5, 5.41) is 1.94. The van der Waals surface area contributed by atoms with Crippen molar-refractivity contribution in [1.29, 1.82) is 0 Å². The van der Waals surface area contributed by atoms with Crippen LogP contribution in [0, 0.1) is 12.8 Å². The number of thiophene rings is 1. The molecule has 4 rings (SSSR count). The largest absolute Gasteiger partial charge is 0.337 e. The first-order valence-electron chi connectivity index (χ1n) is 7.97. The molecule has 1 fully saturated rings. The monoisotopic (exact) mass is 338 g/mol. The van der Waals surface area contributed by atoms with Crippen LogP contribution in [0.2, 0.25) is 0 Å². The van der Waals surface area contributed by atoms with Crippen LogP contribution >= 0.6 is 11.3 Å². The standard InChI is InChI=1S/C18H18N4OS/c1-13-9-20-17(15-4-6-19-7-5-15)22(13)12-14-10-21(11-14)18(23)16-3-2-8-24-16/h2-9,14H,10-12H2,1H3. The van der Waals surface area contributed by atoms with E-state index < -0.39 is 0 Å². The number of aromatic nitrogens is 3. The first-order valence-corrected chi connectivity index (χ1v) is 8.85. The zero-order chi connectivity index (χ0) is 16.5. The van der Waals surface area contributed by atoms with Gasteiger partial charge in [-0.1, -0.05) is 6.07 Å². The average molecular weight is 338 g/mol. The molecule has 3 aromatic rings. The van der Waals surface area contributed by atoms with Gasteiger partial charge in [-0.15, -0.1) is 11.3 Å². The molecule has 6 heteroatoms. The number of hydrogen-bond acceptors (Lipinski definition) is 4. The maximum absolute atomic E-state index is 12.3. The summed E-state index contributed by atoms with van der Waals surface area (Å²) in [6.07, 6.45) is 5.48. The predicted octanol–water partition coefficient (Wildman–Crippen LogP) is 3.09. The Labute approximate surface area is 144 Å². The van der Waals surface area contributed by atoms with Crippen LogP contribution in [0.5, 0.6) is 0 Å². The molecule has 0 saturated carbocycles. The summed E-state index contributed by atoms with van der Waals surface area (Å²) >= 11 is 1.51. The fourth-order valence-electron chi connectivity index (χ4n) is 3.09. The fourth-order valence-corrected chi connectivity index (χ4v) is 3.78. The summed E-state index contributed by atoms with van der Waals surface area (Å²) in [5.41, 5.74) is 2.22. The lowest BCUT2D eigenvalue weighted by molar-refractivity contribution is 0.0474. The van der Waals surface area contributed by atoms with E-state index in [1.165, 1.54) is 11.3 Å². The number of amides is 1. The van der Waals surface area contributed by atoms with E-state index >= 15 is 0 Å². The topological polar surface area (TPSA) is 51.0 Å².